The summed E-state index contributed by atoms with van der Waals surface area (Å²) in [5, 5.41) is 14.5. The second-order valence-corrected chi connectivity index (χ2v) is 6.77. The summed E-state index contributed by atoms with van der Waals surface area (Å²) in [6, 6.07) is 6.48. The van der Waals surface area contributed by atoms with E-state index in [0.717, 1.165) is 36.6 Å². The Morgan fingerprint density at radius 2 is 2.20 bits per heavy atom. The van der Waals surface area contributed by atoms with E-state index < -0.39 is 5.60 Å². The van der Waals surface area contributed by atoms with E-state index in [9.17, 15) is 5.11 Å². The number of hydrogen-bond acceptors (Lipinski definition) is 3. The molecule has 0 radical (unpaired) electrons. The number of nitrogens with one attached hydrogen (secondary N) is 1. The molecular formula is C16H25ClN2O. The maximum absolute atomic E-state index is 10.3. The van der Waals surface area contributed by atoms with Crippen LogP contribution in [-0.4, -0.2) is 29.8 Å². The standard InChI is InChI=1S/C16H25ClN2O/c1-12(2)18-10-13-5-6-14(17)9-15(13)19-8-4-7-16(3,20)11-19/h5-6,9,12,18,20H,4,7-8,10-11H2,1-3H3. The molecule has 4 heteroatoms. The normalized spacial score (nSPS) is 23.4. The van der Waals surface area contributed by atoms with Gasteiger partial charge in [-0.1, -0.05) is 31.5 Å². The van der Waals surface area contributed by atoms with Crippen molar-refractivity contribution < 1.29 is 5.11 Å². The lowest BCUT2D eigenvalue weighted by Gasteiger charge is -2.39. The van der Waals surface area contributed by atoms with Gasteiger partial charge in [-0.05, 0) is 37.5 Å². The summed E-state index contributed by atoms with van der Waals surface area (Å²) in [4.78, 5) is 2.26. The van der Waals surface area contributed by atoms with Gasteiger partial charge >= 0.3 is 0 Å². The highest BCUT2D eigenvalue weighted by molar-refractivity contribution is 6.30. The van der Waals surface area contributed by atoms with E-state index in [1.165, 1.54) is 5.56 Å². The van der Waals surface area contributed by atoms with Crippen LogP contribution >= 0.6 is 11.6 Å². The number of aliphatic hydroxyl groups is 1. The maximum atomic E-state index is 10.3. The van der Waals surface area contributed by atoms with Gasteiger partial charge in [-0.2, -0.15) is 0 Å². The van der Waals surface area contributed by atoms with Crippen molar-refractivity contribution in [1.29, 1.82) is 0 Å². The number of rotatable bonds is 4. The molecule has 2 N–H and O–H groups in total. The van der Waals surface area contributed by atoms with E-state index >= 15 is 0 Å². The minimum absolute atomic E-state index is 0.447. The third-order valence-electron chi connectivity index (χ3n) is 3.76. The van der Waals surface area contributed by atoms with Crippen molar-refractivity contribution in [1.82, 2.24) is 5.32 Å². The van der Waals surface area contributed by atoms with Crippen molar-refractivity contribution in [3.05, 3.63) is 28.8 Å². The van der Waals surface area contributed by atoms with Gasteiger partial charge in [0.25, 0.3) is 0 Å². The van der Waals surface area contributed by atoms with Crippen LogP contribution < -0.4 is 10.2 Å². The summed E-state index contributed by atoms with van der Waals surface area (Å²) < 4.78 is 0. The highest BCUT2D eigenvalue weighted by atomic mass is 35.5. The molecule has 0 spiro atoms. The molecule has 0 aromatic heterocycles. The molecule has 20 heavy (non-hydrogen) atoms. The van der Waals surface area contributed by atoms with E-state index in [1.54, 1.807) is 0 Å². The summed E-state index contributed by atoms with van der Waals surface area (Å²) in [5.41, 5.74) is 1.77. The Morgan fingerprint density at radius 1 is 1.45 bits per heavy atom. The lowest BCUT2D eigenvalue weighted by molar-refractivity contribution is 0.0449. The fourth-order valence-electron chi connectivity index (χ4n) is 2.72. The van der Waals surface area contributed by atoms with Gasteiger partial charge in [0.1, 0.15) is 0 Å². The summed E-state index contributed by atoms with van der Waals surface area (Å²) in [6.45, 7) is 8.66. The Morgan fingerprint density at radius 3 is 2.85 bits per heavy atom. The molecule has 0 saturated carbocycles. The van der Waals surface area contributed by atoms with Gasteiger partial charge in [-0.25, -0.2) is 0 Å². The zero-order valence-corrected chi connectivity index (χ0v) is 13.4. The molecule has 1 heterocycles. The van der Waals surface area contributed by atoms with Crippen molar-refractivity contribution in [3.8, 4) is 0 Å². The molecule has 3 nitrogen and oxygen atoms in total. The predicted octanol–water partition coefficient (Wildman–Crippen LogP) is 3.19. The smallest absolute Gasteiger partial charge is 0.0794 e. The predicted molar refractivity (Wildman–Crippen MR) is 85.5 cm³/mol. The van der Waals surface area contributed by atoms with Crippen LogP contribution in [0.5, 0.6) is 0 Å². The summed E-state index contributed by atoms with van der Waals surface area (Å²) in [5.74, 6) is 0. The van der Waals surface area contributed by atoms with Gasteiger partial charge in [0.05, 0.1) is 5.60 Å². The van der Waals surface area contributed by atoms with Crippen molar-refractivity contribution >= 4 is 17.3 Å². The van der Waals surface area contributed by atoms with E-state index in [1.807, 2.05) is 19.1 Å². The van der Waals surface area contributed by atoms with Gasteiger partial charge in [-0.3, -0.25) is 0 Å². The van der Waals surface area contributed by atoms with Gasteiger partial charge in [0.2, 0.25) is 0 Å². The van der Waals surface area contributed by atoms with Crippen molar-refractivity contribution in [2.45, 2.75) is 51.8 Å². The topological polar surface area (TPSA) is 35.5 Å². The average Bonchev–Trinajstić information content (AvgIpc) is 2.36. The minimum atomic E-state index is -0.608. The van der Waals surface area contributed by atoms with Crippen LogP contribution in [0.1, 0.15) is 39.2 Å². The Bertz CT molecular complexity index is 460. The maximum Gasteiger partial charge on any atom is 0.0794 e. The minimum Gasteiger partial charge on any atom is -0.388 e. The van der Waals surface area contributed by atoms with Crippen LogP contribution in [-0.2, 0) is 6.54 Å². The van der Waals surface area contributed by atoms with Gasteiger partial charge in [0, 0.05) is 36.4 Å². The number of piperidine rings is 1. The molecule has 1 unspecified atom stereocenters. The van der Waals surface area contributed by atoms with Crippen LogP contribution in [0, 0.1) is 0 Å². The Kier molecular flexibility index (Phi) is 4.95. The fraction of sp³-hybridized carbons (Fsp3) is 0.625. The summed E-state index contributed by atoms with van der Waals surface area (Å²) in [6.07, 6.45) is 1.88. The van der Waals surface area contributed by atoms with Crippen LogP contribution in [0.2, 0.25) is 5.02 Å². The summed E-state index contributed by atoms with van der Waals surface area (Å²) >= 11 is 6.16. The van der Waals surface area contributed by atoms with Crippen LogP contribution in [0.25, 0.3) is 0 Å². The molecule has 0 aliphatic carbocycles. The Hall–Kier alpha value is -0.770. The molecule has 2 rings (SSSR count). The van der Waals surface area contributed by atoms with Crippen molar-refractivity contribution in [3.63, 3.8) is 0 Å². The Labute approximate surface area is 126 Å². The quantitative estimate of drug-likeness (QED) is 0.896. The molecule has 0 amide bonds. The first-order chi connectivity index (χ1) is 9.37. The second-order valence-electron chi connectivity index (χ2n) is 6.33. The lowest BCUT2D eigenvalue weighted by atomic mass is 9.94. The average molecular weight is 297 g/mol. The van der Waals surface area contributed by atoms with Crippen LogP contribution in [0.15, 0.2) is 18.2 Å². The third-order valence-corrected chi connectivity index (χ3v) is 4.00. The first-order valence-electron chi connectivity index (χ1n) is 7.36. The number of benzene rings is 1. The third kappa shape index (κ3) is 4.11. The largest absolute Gasteiger partial charge is 0.388 e. The first kappa shape index (κ1) is 15.6. The van der Waals surface area contributed by atoms with Gasteiger partial charge < -0.3 is 15.3 Å². The lowest BCUT2D eigenvalue weighted by Crippen LogP contribution is -2.46. The molecule has 1 atom stereocenters. The van der Waals surface area contributed by atoms with Crippen LogP contribution in [0.3, 0.4) is 0 Å². The van der Waals surface area contributed by atoms with E-state index in [-0.39, 0.29) is 0 Å². The molecule has 112 valence electrons. The monoisotopic (exact) mass is 296 g/mol. The number of nitrogens with zero attached hydrogens (tertiary/aromatic N) is 1. The molecule has 1 aliphatic heterocycles. The second kappa shape index (κ2) is 6.33. The zero-order chi connectivity index (χ0) is 14.8. The molecule has 1 saturated heterocycles. The molecule has 1 fully saturated rings. The van der Waals surface area contributed by atoms with E-state index in [2.05, 4.69) is 30.1 Å². The number of β-amino-alcohol motifs (C(OH)–C–C–N with tert-alkyl or cyclic N) is 1. The van der Waals surface area contributed by atoms with Crippen LogP contribution in [0.4, 0.5) is 5.69 Å². The van der Waals surface area contributed by atoms with Gasteiger partial charge in [-0.15, -0.1) is 0 Å². The molecule has 1 aliphatic rings. The number of halogens is 1. The highest BCUT2D eigenvalue weighted by Gasteiger charge is 2.29. The van der Waals surface area contributed by atoms with E-state index in [0.29, 0.717) is 12.6 Å². The fourth-order valence-corrected chi connectivity index (χ4v) is 2.89. The molecule has 1 aromatic carbocycles. The first-order valence-corrected chi connectivity index (χ1v) is 7.74. The summed E-state index contributed by atoms with van der Waals surface area (Å²) in [7, 11) is 0. The number of anilines is 1. The highest BCUT2D eigenvalue weighted by Crippen LogP contribution is 2.30. The SMILES string of the molecule is CC(C)NCc1ccc(Cl)cc1N1CCCC(C)(O)C1. The van der Waals surface area contributed by atoms with Crippen molar-refractivity contribution in [2.24, 2.45) is 0 Å². The molecule has 1 aromatic rings. The van der Waals surface area contributed by atoms with E-state index in [4.69, 9.17) is 11.6 Å². The Balaban J connectivity index is 2.22. The zero-order valence-electron chi connectivity index (χ0n) is 12.6. The number of hydrogen-bond donors (Lipinski definition) is 2. The molecular weight excluding hydrogens is 272 g/mol. The van der Waals surface area contributed by atoms with Crippen molar-refractivity contribution in [2.75, 3.05) is 18.0 Å². The molecule has 0 bridgehead atoms. The van der Waals surface area contributed by atoms with Gasteiger partial charge in [0.15, 0.2) is 0 Å².